The van der Waals surface area contributed by atoms with Crippen LogP contribution in [0.2, 0.25) is 0 Å². The number of rotatable bonds is 5. The minimum atomic E-state index is -0.881. The maximum Gasteiger partial charge on any atom is 0.331 e. The molecule has 25 heavy (non-hydrogen) atoms. The Labute approximate surface area is 148 Å². The predicted octanol–water partition coefficient (Wildman–Crippen LogP) is 4.20. The third-order valence-corrected chi connectivity index (χ3v) is 3.80. The van der Waals surface area contributed by atoms with Crippen molar-refractivity contribution in [1.29, 1.82) is 0 Å². The summed E-state index contributed by atoms with van der Waals surface area (Å²) in [5.41, 5.74) is 4.75. The van der Waals surface area contributed by atoms with E-state index in [0.717, 1.165) is 27.9 Å². The molecule has 0 radical (unpaired) electrons. The number of nitrogens with one attached hydrogen (secondary N) is 1. The molecule has 4 heteroatoms. The smallest absolute Gasteiger partial charge is 0.331 e. The number of carbonyl (C=O) groups excluding carboxylic acids is 2. The van der Waals surface area contributed by atoms with Crippen LogP contribution in [0.4, 0.5) is 5.69 Å². The van der Waals surface area contributed by atoms with Crippen LogP contribution in [0.5, 0.6) is 0 Å². The number of esters is 1. The Hall–Kier alpha value is -2.88. The third kappa shape index (κ3) is 5.31. The molecule has 1 unspecified atom stereocenters. The highest BCUT2D eigenvalue weighted by Gasteiger charge is 2.18. The van der Waals surface area contributed by atoms with Gasteiger partial charge in [0, 0.05) is 11.8 Å². The minimum Gasteiger partial charge on any atom is -0.449 e. The molecule has 0 saturated carbocycles. The molecule has 0 spiro atoms. The summed E-state index contributed by atoms with van der Waals surface area (Å²) < 4.78 is 5.17. The maximum absolute atomic E-state index is 12.3. The molecule has 0 aliphatic rings. The molecule has 0 aromatic heterocycles. The Morgan fingerprint density at radius 3 is 2.24 bits per heavy atom. The largest absolute Gasteiger partial charge is 0.449 e. The van der Waals surface area contributed by atoms with Crippen LogP contribution in [0.25, 0.3) is 6.08 Å². The van der Waals surface area contributed by atoms with E-state index in [4.69, 9.17) is 4.74 Å². The van der Waals surface area contributed by atoms with Gasteiger partial charge in [-0.15, -0.1) is 0 Å². The Morgan fingerprint density at radius 2 is 1.64 bits per heavy atom. The zero-order valence-electron chi connectivity index (χ0n) is 15.0. The zero-order valence-corrected chi connectivity index (χ0v) is 15.0. The number of benzene rings is 2. The lowest BCUT2D eigenvalue weighted by molar-refractivity contribution is -0.148. The highest BCUT2D eigenvalue weighted by atomic mass is 16.5. The van der Waals surface area contributed by atoms with Gasteiger partial charge in [0.25, 0.3) is 5.91 Å². The van der Waals surface area contributed by atoms with Gasteiger partial charge in [-0.2, -0.15) is 0 Å². The Bertz CT molecular complexity index is 771. The van der Waals surface area contributed by atoms with Gasteiger partial charge in [-0.05, 0) is 50.5 Å². The summed E-state index contributed by atoms with van der Waals surface area (Å²) in [6, 6.07) is 13.4. The molecule has 0 saturated heterocycles. The predicted molar refractivity (Wildman–Crippen MR) is 100 cm³/mol. The molecule has 0 heterocycles. The Balaban J connectivity index is 1.96. The first-order chi connectivity index (χ1) is 11.9. The lowest BCUT2D eigenvalue weighted by atomic mass is 10.0. The Morgan fingerprint density at radius 1 is 1.04 bits per heavy atom. The summed E-state index contributed by atoms with van der Waals surface area (Å²) in [5, 5.41) is 2.84. The number of anilines is 1. The summed E-state index contributed by atoms with van der Waals surface area (Å²) in [5.74, 6) is -0.902. The monoisotopic (exact) mass is 337 g/mol. The molecule has 2 aromatic rings. The third-order valence-electron chi connectivity index (χ3n) is 3.80. The van der Waals surface area contributed by atoms with Crippen molar-refractivity contribution in [2.45, 2.75) is 33.8 Å². The van der Waals surface area contributed by atoms with Gasteiger partial charge in [-0.3, -0.25) is 4.79 Å². The van der Waals surface area contributed by atoms with Crippen molar-refractivity contribution < 1.29 is 14.3 Å². The fraction of sp³-hybridized carbons (Fsp3) is 0.238. The molecule has 0 fully saturated rings. The van der Waals surface area contributed by atoms with Crippen LogP contribution in [0.3, 0.4) is 0 Å². The van der Waals surface area contributed by atoms with Gasteiger partial charge in [0.05, 0.1) is 0 Å². The van der Waals surface area contributed by atoms with Crippen molar-refractivity contribution in [2.24, 2.45) is 0 Å². The summed E-state index contributed by atoms with van der Waals surface area (Å²) in [7, 11) is 0. The van der Waals surface area contributed by atoms with Crippen molar-refractivity contribution in [3.8, 4) is 0 Å². The van der Waals surface area contributed by atoms with E-state index >= 15 is 0 Å². The molecular formula is C21H23NO3. The lowest BCUT2D eigenvalue weighted by Gasteiger charge is -2.16. The van der Waals surface area contributed by atoms with E-state index < -0.39 is 12.1 Å². The van der Waals surface area contributed by atoms with Crippen LogP contribution in [0.15, 0.2) is 48.5 Å². The first-order valence-corrected chi connectivity index (χ1v) is 8.19. The van der Waals surface area contributed by atoms with Gasteiger partial charge in [0.15, 0.2) is 6.10 Å². The number of aryl methyl sites for hydroxylation is 3. The van der Waals surface area contributed by atoms with Crippen molar-refractivity contribution >= 4 is 23.6 Å². The first-order valence-electron chi connectivity index (χ1n) is 8.19. The second kappa shape index (κ2) is 8.29. The molecule has 1 amide bonds. The summed E-state index contributed by atoms with van der Waals surface area (Å²) in [6.07, 6.45) is 2.09. The highest BCUT2D eigenvalue weighted by molar-refractivity contribution is 5.97. The topological polar surface area (TPSA) is 55.4 Å². The van der Waals surface area contributed by atoms with Crippen LogP contribution < -0.4 is 5.32 Å². The summed E-state index contributed by atoms with van der Waals surface area (Å²) in [6.45, 7) is 7.45. The van der Waals surface area contributed by atoms with E-state index in [1.807, 2.05) is 63.2 Å². The molecule has 1 atom stereocenters. The fourth-order valence-electron chi connectivity index (χ4n) is 2.60. The van der Waals surface area contributed by atoms with Crippen molar-refractivity contribution in [1.82, 2.24) is 0 Å². The minimum absolute atomic E-state index is 0.350. The summed E-state index contributed by atoms with van der Waals surface area (Å²) in [4.78, 5) is 24.2. The molecule has 2 aromatic carbocycles. The standard InChI is InChI=1S/C21H23NO3/c1-14-12-15(2)20(16(3)13-14)22-21(24)17(4)25-19(23)11-10-18-8-6-5-7-9-18/h5-13,17H,1-4H3,(H,22,24)/b11-10+. The second-order valence-corrected chi connectivity index (χ2v) is 6.09. The fourth-order valence-corrected chi connectivity index (χ4v) is 2.60. The second-order valence-electron chi connectivity index (χ2n) is 6.09. The van der Waals surface area contributed by atoms with Gasteiger partial charge >= 0.3 is 5.97 Å². The molecule has 0 aliphatic heterocycles. The van der Waals surface area contributed by atoms with Crippen molar-refractivity contribution in [2.75, 3.05) is 5.32 Å². The number of ether oxygens (including phenoxy) is 1. The molecule has 1 N–H and O–H groups in total. The molecule has 4 nitrogen and oxygen atoms in total. The highest BCUT2D eigenvalue weighted by Crippen LogP contribution is 2.22. The lowest BCUT2D eigenvalue weighted by Crippen LogP contribution is -2.30. The van der Waals surface area contributed by atoms with Crippen LogP contribution in [-0.4, -0.2) is 18.0 Å². The van der Waals surface area contributed by atoms with E-state index in [0.29, 0.717) is 0 Å². The van der Waals surface area contributed by atoms with Crippen LogP contribution in [0.1, 0.15) is 29.2 Å². The van der Waals surface area contributed by atoms with E-state index in [2.05, 4.69) is 5.32 Å². The molecule has 0 bridgehead atoms. The zero-order chi connectivity index (χ0) is 18.4. The molecular weight excluding hydrogens is 314 g/mol. The normalized spacial score (nSPS) is 12.0. The first kappa shape index (κ1) is 18.5. The van der Waals surface area contributed by atoms with Crippen molar-refractivity contribution in [3.63, 3.8) is 0 Å². The van der Waals surface area contributed by atoms with Gasteiger partial charge in [-0.1, -0.05) is 48.0 Å². The average molecular weight is 337 g/mol. The number of hydrogen-bond acceptors (Lipinski definition) is 3. The van der Waals surface area contributed by atoms with Gasteiger partial charge in [0.1, 0.15) is 0 Å². The van der Waals surface area contributed by atoms with Crippen LogP contribution in [-0.2, 0) is 14.3 Å². The quantitative estimate of drug-likeness (QED) is 0.657. The average Bonchev–Trinajstić information content (AvgIpc) is 2.57. The van der Waals surface area contributed by atoms with Gasteiger partial charge in [0.2, 0.25) is 0 Å². The molecule has 2 rings (SSSR count). The molecule has 0 aliphatic carbocycles. The van der Waals surface area contributed by atoms with E-state index in [9.17, 15) is 9.59 Å². The van der Waals surface area contributed by atoms with Gasteiger partial charge < -0.3 is 10.1 Å². The number of hydrogen-bond donors (Lipinski definition) is 1. The summed E-state index contributed by atoms with van der Waals surface area (Å²) >= 11 is 0. The number of carbonyl (C=O) groups is 2. The van der Waals surface area contributed by atoms with Crippen LogP contribution in [0, 0.1) is 20.8 Å². The SMILES string of the molecule is Cc1cc(C)c(NC(=O)C(C)OC(=O)/C=C/c2ccccc2)c(C)c1. The van der Waals surface area contributed by atoms with Crippen LogP contribution >= 0.6 is 0 Å². The van der Waals surface area contributed by atoms with Gasteiger partial charge in [-0.25, -0.2) is 4.79 Å². The van der Waals surface area contributed by atoms with E-state index in [1.54, 1.807) is 13.0 Å². The molecule has 130 valence electrons. The van der Waals surface area contributed by atoms with Crippen molar-refractivity contribution in [3.05, 3.63) is 70.8 Å². The van der Waals surface area contributed by atoms with E-state index in [-0.39, 0.29) is 5.91 Å². The Kier molecular flexibility index (Phi) is 6.12. The van der Waals surface area contributed by atoms with E-state index in [1.165, 1.54) is 6.08 Å². The maximum atomic E-state index is 12.3. The number of amides is 1.